The number of nitrogens with zero attached hydrogens (tertiary/aromatic N) is 4. The van der Waals surface area contributed by atoms with E-state index in [0.29, 0.717) is 81.7 Å². The van der Waals surface area contributed by atoms with Gasteiger partial charge in [-0.05, 0) is 85.1 Å². The van der Waals surface area contributed by atoms with Gasteiger partial charge >= 0.3 is 0 Å². The minimum Gasteiger partial charge on any atom is -0.493 e. The van der Waals surface area contributed by atoms with Gasteiger partial charge in [0.25, 0.3) is 11.8 Å². The minimum absolute atomic E-state index is 0.0257. The molecule has 0 unspecified atom stereocenters. The van der Waals surface area contributed by atoms with Gasteiger partial charge in [0.2, 0.25) is 11.8 Å². The fraction of sp³-hybridized carbons (Fsp3) is 0.280. The normalized spacial score (nSPS) is 17.3. The molecular formula is C50H49N7O8. The Morgan fingerprint density at radius 2 is 1.15 bits per heavy atom. The van der Waals surface area contributed by atoms with Crippen molar-refractivity contribution >= 4 is 64.5 Å². The molecule has 332 valence electrons. The highest BCUT2D eigenvalue weighted by atomic mass is 16.5. The fourth-order valence-corrected chi connectivity index (χ4v) is 8.75. The van der Waals surface area contributed by atoms with Gasteiger partial charge in [-0.2, -0.15) is 0 Å². The third-order valence-electron chi connectivity index (χ3n) is 12.0. The van der Waals surface area contributed by atoms with Crippen molar-refractivity contribution in [3.05, 3.63) is 124 Å². The molecule has 0 aliphatic carbocycles. The number of benzene rings is 5. The molecule has 5 aromatic rings. The maximum Gasteiger partial charge on any atom is 0.261 e. The summed E-state index contributed by atoms with van der Waals surface area (Å²) in [5, 5.41) is 8.76. The summed E-state index contributed by atoms with van der Waals surface area (Å²) in [4.78, 5) is 67.3. The number of nitrogens with one attached hydrogen (secondary N) is 3. The molecule has 0 bridgehead atoms. The molecule has 9 rings (SSSR count). The lowest BCUT2D eigenvalue weighted by molar-refractivity contribution is -0.127. The lowest BCUT2D eigenvalue weighted by Gasteiger charge is -2.22. The second-order valence-electron chi connectivity index (χ2n) is 16.4. The monoisotopic (exact) mass is 875 g/mol. The van der Waals surface area contributed by atoms with Gasteiger partial charge in [0.1, 0.15) is 19.3 Å². The number of anilines is 3. The summed E-state index contributed by atoms with van der Waals surface area (Å²) in [5.41, 5.74) is 7.37. The van der Waals surface area contributed by atoms with Crippen LogP contribution in [0.5, 0.6) is 23.0 Å². The maximum atomic E-state index is 14.0. The van der Waals surface area contributed by atoms with Crippen molar-refractivity contribution in [1.82, 2.24) is 10.6 Å². The van der Waals surface area contributed by atoms with Crippen LogP contribution >= 0.6 is 0 Å². The number of amides is 4. The summed E-state index contributed by atoms with van der Waals surface area (Å²) >= 11 is 0. The summed E-state index contributed by atoms with van der Waals surface area (Å²) < 4.78 is 24.3. The van der Waals surface area contributed by atoms with Gasteiger partial charge in [-0.15, -0.1) is 0 Å². The van der Waals surface area contributed by atoms with Crippen LogP contribution in [0.4, 0.5) is 28.4 Å². The Balaban J connectivity index is 0.978. The number of para-hydroxylation sites is 2. The number of likely N-dealkylation sites (N-methyl/N-ethyl adjacent to an activating group) is 1. The van der Waals surface area contributed by atoms with E-state index < -0.39 is 18.0 Å². The van der Waals surface area contributed by atoms with Crippen LogP contribution in [-0.2, 0) is 35.6 Å². The number of aliphatic imine (C=N–C) groups is 2. The van der Waals surface area contributed by atoms with E-state index in [0.717, 1.165) is 22.5 Å². The van der Waals surface area contributed by atoms with E-state index in [1.165, 1.54) is 14.2 Å². The molecule has 0 fully saturated rings. The van der Waals surface area contributed by atoms with E-state index >= 15 is 0 Å². The van der Waals surface area contributed by atoms with Gasteiger partial charge in [0.15, 0.2) is 23.0 Å². The average molecular weight is 876 g/mol. The summed E-state index contributed by atoms with van der Waals surface area (Å²) in [6, 6.07) is 26.1. The molecule has 4 aliphatic rings. The van der Waals surface area contributed by atoms with Crippen molar-refractivity contribution < 1.29 is 38.1 Å². The molecule has 65 heavy (non-hydrogen) atoms. The number of methoxy groups -OCH3 is 2. The second kappa shape index (κ2) is 17.9. The summed E-state index contributed by atoms with van der Waals surface area (Å²) in [7, 11) is 3.02. The Labute approximate surface area is 376 Å². The van der Waals surface area contributed by atoms with Gasteiger partial charge in [0.05, 0.1) is 54.8 Å². The molecule has 15 nitrogen and oxygen atoms in total. The molecular weight excluding hydrogens is 827 g/mol. The van der Waals surface area contributed by atoms with Crippen LogP contribution < -0.4 is 44.7 Å². The van der Waals surface area contributed by atoms with Crippen molar-refractivity contribution in [2.75, 3.05) is 35.9 Å². The second-order valence-corrected chi connectivity index (χ2v) is 16.4. The Morgan fingerprint density at radius 1 is 0.662 bits per heavy atom. The fourth-order valence-electron chi connectivity index (χ4n) is 8.75. The van der Waals surface area contributed by atoms with Crippen molar-refractivity contribution in [3.63, 3.8) is 0 Å². The molecule has 0 aromatic heterocycles. The van der Waals surface area contributed by atoms with E-state index in [2.05, 4.69) is 16.0 Å². The first kappa shape index (κ1) is 42.8. The van der Waals surface area contributed by atoms with Gasteiger partial charge in [0, 0.05) is 54.5 Å². The van der Waals surface area contributed by atoms with Crippen LogP contribution in [0.2, 0.25) is 0 Å². The highest BCUT2D eigenvalue weighted by Gasteiger charge is 2.38. The summed E-state index contributed by atoms with van der Waals surface area (Å²) in [5.74, 6) is 0.347. The summed E-state index contributed by atoms with van der Waals surface area (Å²) in [6.45, 7) is 5.90. The molecule has 4 heterocycles. The van der Waals surface area contributed by atoms with Gasteiger partial charge in [-0.1, -0.05) is 43.3 Å². The van der Waals surface area contributed by atoms with Crippen LogP contribution in [0.15, 0.2) is 101 Å². The Hall–Kier alpha value is -7.52. The first-order valence-electron chi connectivity index (χ1n) is 21.6. The smallest absolute Gasteiger partial charge is 0.261 e. The third-order valence-corrected chi connectivity index (χ3v) is 12.0. The van der Waals surface area contributed by atoms with Crippen molar-refractivity contribution in [2.45, 2.75) is 71.0 Å². The number of ether oxygens (including phenoxy) is 4. The lowest BCUT2D eigenvalue weighted by Crippen LogP contribution is -2.49. The number of carbonyl (C=O) groups is 4. The zero-order valence-corrected chi connectivity index (χ0v) is 36.7. The standard InChI is InChI=1S/C50H49N7O8/c1-6-51-28(2)47(58)54-29(3)48(59)55-34-16-30(26-64-45-22-39-37(20-43(45)62-4)49(60)56-35(24-52-39)18-32-11-7-9-13-41(32)56)15-31(17-34)27-65-46-23-40-38(21-44(46)63-5)50(61)57-36(25-53-40)19-33-12-8-10-14-42(33)57/h7-17,20-25,28-29,35-36,51H,6,18-19,26-27H2,1-5H3,(H,54,58)(H,55,59)/t28-,29-,35-,36-/m0/s1. The van der Waals surface area contributed by atoms with Gasteiger partial charge in [-0.25, -0.2) is 0 Å². The van der Waals surface area contributed by atoms with E-state index in [4.69, 9.17) is 28.9 Å². The minimum atomic E-state index is -0.851. The number of hydrogen-bond donors (Lipinski definition) is 3. The number of fused-ring (bicyclic) bond motifs is 8. The Morgan fingerprint density at radius 3 is 1.63 bits per heavy atom. The van der Waals surface area contributed by atoms with E-state index in [9.17, 15) is 19.2 Å². The predicted octanol–water partition coefficient (Wildman–Crippen LogP) is 6.88. The maximum absolute atomic E-state index is 14.0. The molecule has 4 amide bonds. The predicted molar refractivity (Wildman–Crippen MR) is 248 cm³/mol. The van der Waals surface area contributed by atoms with Crippen molar-refractivity contribution in [2.24, 2.45) is 9.98 Å². The molecule has 15 heteroatoms. The highest BCUT2D eigenvalue weighted by Crippen LogP contribution is 2.43. The van der Waals surface area contributed by atoms with E-state index in [1.54, 1.807) is 72.5 Å². The lowest BCUT2D eigenvalue weighted by atomic mass is 10.1. The number of rotatable bonds is 14. The zero-order valence-electron chi connectivity index (χ0n) is 36.7. The summed E-state index contributed by atoms with van der Waals surface area (Å²) in [6.07, 6.45) is 4.93. The van der Waals surface area contributed by atoms with Crippen LogP contribution in [0.1, 0.15) is 63.7 Å². The first-order chi connectivity index (χ1) is 31.5. The molecule has 4 aliphatic heterocycles. The van der Waals surface area contributed by atoms with Crippen LogP contribution in [0.3, 0.4) is 0 Å². The molecule has 0 saturated carbocycles. The molecule has 3 N–H and O–H groups in total. The van der Waals surface area contributed by atoms with Crippen LogP contribution in [0.25, 0.3) is 0 Å². The largest absolute Gasteiger partial charge is 0.493 e. The number of carbonyl (C=O) groups excluding carboxylic acids is 4. The quantitative estimate of drug-likeness (QED) is 0.108. The average Bonchev–Trinajstić information content (AvgIpc) is 3.80. The van der Waals surface area contributed by atoms with Gasteiger partial charge < -0.3 is 34.9 Å². The van der Waals surface area contributed by atoms with Crippen LogP contribution in [-0.4, -0.2) is 81.0 Å². The molecule has 0 saturated heterocycles. The molecule has 5 aromatic carbocycles. The Kier molecular flexibility index (Phi) is 11.8. The van der Waals surface area contributed by atoms with Gasteiger partial charge in [-0.3, -0.25) is 39.0 Å². The van der Waals surface area contributed by atoms with Crippen molar-refractivity contribution in [3.8, 4) is 23.0 Å². The third kappa shape index (κ3) is 8.37. The topological polar surface area (TPSA) is 172 Å². The highest BCUT2D eigenvalue weighted by molar-refractivity contribution is 6.16. The van der Waals surface area contributed by atoms with E-state index in [1.807, 2.05) is 61.5 Å². The van der Waals surface area contributed by atoms with E-state index in [-0.39, 0.29) is 43.0 Å². The SMILES string of the molecule is CCN[C@@H](C)C(=O)N[C@@H](C)C(=O)Nc1cc(COc2cc3c(cc2OC)C(=O)N2c4ccccc4C[C@H]2C=N3)cc(COc2cc3c(cc2OC)C(=O)N2c4ccccc4C[C@H]2C=N3)c1. The zero-order chi connectivity index (χ0) is 45.4. The molecule has 0 spiro atoms. The van der Waals surface area contributed by atoms with Crippen molar-refractivity contribution in [1.29, 1.82) is 0 Å². The van der Waals surface area contributed by atoms with Crippen LogP contribution in [0, 0.1) is 0 Å². The molecule has 0 radical (unpaired) electrons. The number of hydrogen-bond acceptors (Lipinski definition) is 11. The molecule has 4 atom stereocenters. The Bertz CT molecular complexity index is 2630. The first-order valence-corrected chi connectivity index (χ1v) is 21.6.